The van der Waals surface area contributed by atoms with Crippen LogP contribution in [0, 0.1) is 0 Å². The second-order valence-corrected chi connectivity index (χ2v) is 7.23. The monoisotopic (exact) mass is 362 g/mol. The highest BCUT2D eigenvalue weighted by Gasteiger charge is 2.30. The summed E-state index contributed by atoms with van der Waals surface area (Å²) >= 11 is 0. The lowest BCUT2D eigenvalue weighted by molar-refractivity contribution is -0.121. The SMILES string of the molecule is C[C@H](C(=O)Nc1ccc2c(c1)C(=O)c1ccccc1C2=O)N1CCCCC1. The Bertz CT molecular complexity index is 929. The van der Waals surface area contributed by atoms with Crippen LogP contribution in [0.5, 0.6) is 0 Å². The standard InChI is InChI=1S/C22H22N2O3/c1-14(24-11-5-2-6-12-24)22(27)23-15-9-10-18-19(13-15)21(26)17-8-4-3-7-16(17)20(18)25/h3-4,7-10,13-14H,2,5-6,11-12H2,1H3,(H,23,27)/t14-/m1/s1. The molecule has 1 saturated heterocycles. The van der Waals surface area contributed by atoms with Gasteiger partial charge in [-0.15, -0.1) is 0 Å². The fourth-order valence-electron chi connectivity index (χ4n) is 3.90. The highest BCUT2D eigenvalue weighted by molar-refractivity contribution is 6.28. The minimum Gasteiger partial charge on any atom is -0.325 e. The predicted octanol–water partition coefficient (Wildman–Crippen LogP) is 3.27. The summed E-state index contributed by atoms with van der Waals surface area (Å²) in [4.78, 5) is 40.3. The zero-order chi connectivity index (χ0) is 19.0. The molecule has 1 aliphatic carbocycles. The molecule has 0 radical (unpaired) electrons. The lowest BCUT2D eigenvalue weighted by Crippen LogP contribution is -2.44. The first-order chi connectivity index (χ1) is 13.1. The van der Waals surface area contributed by atoms with Crippen molar-refractivity contribution >= 4 is 23.2 Å². The van der Waals surface area contributed by atoms with E-state index in [4.69, 9.17) is 0 Å². The molecule has 138 valence electrons. The Morgan fingerprint density at radius 2 is 1.48 bits per heavy atom. The van der Waals surface area contributed by atoms with E-state index in [1.165, 1.54) is 6.42 Å². The van der Waals surface area contributed by atoms with Crippen LogP contribution in [0.4, 0.5) is 5.69 Å². The number of benzene rings is 2. The van der Waals surface area contributed by atoms with Crippen molar-refractivity contribution in [3.8, 4) is 0 Å². The van der Waals surface area contributed by atoms with Crippen LogP contribution < -0.4 is 5.32 Å². The Morgan fingerprint density at radius 1 is 0.889 bits per heavy atom. The van der Waals surface area contributed by atoms with Gasteiger partial charge in [-0.3, -0.25) is 19.3 Å². The molecule has 1 aliphatic heterocycles. The Labute approximate surface area is 158 Å². The molecule has 1 fully saturated rings. The first-order valence-electron chi connectivity index (χ1n) is 9.43. The van der Waals surface area contributed by atoms with Crippen LogP contribution in [-0.2, 0) is 4.79 Å². The van der Waals surface area contributed by atoms with Crippen molar-refractivity contribution in [2.24, 2.45) is 0 Å². The van der Waals surface area contributed by atoms with E-state index < -0.39 is 0 Å². The molecule has 27 heavy (non-hydrogen) atoms. The third-order valence-electron chi connectivity index (χ3n) is 5.51. The summed E-state index contributed by atoms with van der Waals surface area (Å²) in [6.45, 7) is 3.77. The van der Waals surface area contributed by atoms with Gasteiger partial charge in [-0.2, -0.15) is 0 Å². The molecular weight excluding hydrogens is 340 g/mol. The quantitative estimate of drug-likeness (QED) is 0.776. The number of fused-ring (bicyclic) bond motifs is 2. The van der Waals surface area contributed by atoms with Crippen molar-refractivity contribution < 1.29 is 14.4 Å². The number of ketones is 2. The van der Waals surface area contributed by atoms with Crippen LogP contribution in [0.3, 0.4) is 0 Å². The molecule has 1 heterocycles. The first kappa shape index (κ1) is 17.6. The first-order valence-corrected chi connectivity index (χ1v) is 9.43. The largest absolute Gasteiger partial charge is 0.325 e. The van der Waals surface area contributed by atoms with Crippen molar-refractivity contribution in [3.05, 3.63) is 64.7 Å². The molecule has 0 spiro atoms. The maximum atomic E-state index is 12.8. The number of carbonyl (C=O) groups excluding carboxylic acids is 3. The molecule has 0 bridgehead atoms. The van der Waals surface area contributed by atoms with Crippen LogP contribution in [0.2, 0.25) is 0 Å². The summed E-state index contributed by atoms with van der Waals surface area (Å²) in [5.41, 5.74) is 2.14. The molecule has 5 heteroatoms. The Hall–Kier alpha value is -2.79. The number of rotatable bonds is 3. The van der Waals surface area contributed by atoms with Crippen molar-refractivity contribution in [3.63, 3.8) is 0 Å². The maximum absolute atomic E-state index is 12.8. The van der Waals surface area contributed by atoms with Crippen molar-refractivity contribution in [1.29, 1.82) is 0 Å². The third kappa shape index (κ3) is 3.19. The number of hydrogen-bond donors (Lipinski definition) is 1. The second kappa shape index (κ2) is 7.08. The molecule has 1 atom stereocenters. The molecular formula is C22H22N2O3. The number of anilines is 1. The van der Waals surface area contributed by atoms with Crippen LogP contribution >= 0.6 is 0 Å². The fourth-order valence-corrected chi connectivity index (χ4v) is 3.90. The van der Waals surface area contributed by atoms with Gasteiger partial charge in [0.2, 0.25) is 5.91 Å². The van der Waals surface area contributed by atoms with Crippen LogP contribution in [-0.4, -0.2) is 41.5 Å². The zero-order valence-corrected chi connectivity index (χ0v) is 15.3. The number of nitrogens with zero attached hydrogens (tertiary/aromatic N) is 1. The molecule has 0 saturated carbocycles. The topological polar surface area (TPSA) is 66.5 Å². The minimum absolute atomic E-state index is 0.0909. The maximum Gasteiger partial charge on any atom is 0.241 e. The number of hydrogen-bond acceptors (Lipinski definition) is 4. The van der Waals surface area contributed by atoms with Gasteiger partial charge in [0.25, 0.3) is 0 Å². The zero-order valence-electron chi connectivity index (χ0n) is 15.3. The van der Waals surface area contributed by atoms with Crippen molar-refractivity contribution in [2.45, 2.75) is 32.2 Å². The Kier molecular flexibility index (Phi) is 4.62. The summed E-state index contributed by atoms with van der Waals surface area (Å²) < 4.78 is 0. The minimum atomic E-state index is -0.223. The number of piperidine rings is 1. The van der Waals surface area contributed by atoms with E-state index in [1.807, 2.05) is 6.92 Å². The van der Waals surface area contributed by atoms with Gasteiger partial charge in [0.1, 0.15) is 0 Å². The fraction of sp³-hybridized carbons (Fsp3) is 0.318. The Morgan fingerprint density at radius 3 is 2.15 bits per heavy atom. The van der Waals surface area contributed by atoms with E-state index in [0.29, 0.717) is 27.9 Å². The molecule has 0 unspecified atom stereocenters. The van der Waals surface area contributed by atoms with Gasteiger partial charge in [-0.1, -0.05) is 30.7 Å². The van der Waals surface area contributed by atoms with E-state index in [1.54, 1.807) is 42.5 Å². The predicted molar refractivity (Wildman–Crippen MR) is 103 cm³/mol. The molecule has 2 aromatic carbocycles. The van der Waals surface area contributed by atoms with Gasteiger partial charge < -0.3 is 5.32 Å². The van der Waals surface area contributed by atoms with Gasteiger partial charge >= 0.3 is 0 Å². The average Bonchev–Trinajstić information content (AvgIpc) is 2.72. The number of nitrogens with one attached hydrogen (secondary N) is 1. The molecule has 1 amide bonds. The Balaban J connectivity index is 1.57. The summed E-state index contributed by atoms with van der Waals surface area (Å²) in [6.07, 6.45) is 3.45. The van der Waals surface area contributed by atoms with Gasteiger partial charge in [0.15, 0.2) is 11.6 Å². The van der Waals surface area contributed by atoms with Crippen LogP contribution in [0.1, 0.15) is 58.0 Å². The van der Waals surface area contributed by atoms with Gasteiger partial charge in [0.05, 0.1) is 6.04 Å². The van der Waals surface area contributed by atoms with E-state index in [-0.39, 0.29) is 23.5 Å². The normalized spacial score (nSPS) is 17.8. The number of carbonyl (C=O) groups is 3. The van der Waals surface area contributed by atoms with E-state index in [9.17, 15) is 14.4 Å². The molecule has 1 N–H and O–H groups in total. The molecule has 2 aromatic rings. The van der Waals surface area contributed by atoms with Gasteiger partial charge in [-0.05, 0) is 51.1 Å². The van der Waals surface area contributed by atoms with Gasteiger partial charge in [0, 0.05) is 27.9 Å². The average molecular weight is 362 g/mol. The number of amides is 1. The van der Waals surface area contributed by atoms with E-state index in [0.717, 1.165) is 25.9 Å². The third-order valence-corrected chi connectivity index (χ3v) is 5.51. The lowest BCUT2D eigenvalue weighted by atomic mass is 9.84. The second-order valence-electron chi connectivity index (χ2n) is 7.23. The molecule has 4 rings (SSSR count). The number of likely N-dealkylation sites (tertiary alicyclic amines) is 1. The summed E-state index contributed by atoms with van der Waals surface area (Å²) in [6, 6.07) is 11.6. The smallest absolute Gasteiger partial charge is 0.241 e. The lowest BCUT2D eigenvalue weighted by Gasteiger charge is -2.31. The van der Waals surface area contributed by atoms with Crippen LogP contribution in [0.25, 0.3) is 0 Å². The van der Waals surface area contributed by atoms with Gasteiger partial charge in [-0.25, -0.2) is 0 Å². The van der Waals surface area contributed by atoms with Crippen molar-refractivity contribution in [2.75, 3.05) is 18.4 Å². The summed E-state index contributed by atoms with van der Waals surface area (Å²) in [5, 5.41) is 2.90. The highest BCUT2D eigenvalue weighted by Crippen LogP contribution is 2.29. The van der Waals surface area contributed by atoms with E-state index in [2.05, 4.69) is 10.2 Å². The summed E-state index contributed by atoms with van der Waals surface area (Å²) in [7, 11) is 0. The van der Waals surface area contributed by atoms with Crippen LogP contribution in [0.15, 0.2) is 42.5 Å². The highest BCUT2D eigenvalue weighted by atomic mass is 16.2. The van der Waals surface area contributed by atoms with E-state index >= 15 is 0 Å². The molecule has 0 aromatic heterocycles. The summed E-state index contributed by atoms with van der Waals surface area (Å²) in [5.74, 6) is -0.424. The molecule has 5 nitrogen and oxygen atoms in total. The van der Waals surface area contributed by atoms with Crippen molar-refractivity contribution in [1.82, 2.24) is 4.90 Å². The molecule has 2 aliphatic rings.